The van der Waals surface area contributed by atoms with Gasteiger partial charge < -0.3 is 26.0 Å². The van der Waals surface area contributed by atoms with Gasteiger partial charge in [-0.3, -0.25) is 19.6 Å². The first kappa shape index (κ1) is 40.2. The summed E-state index contributed by atoms with van der Waals surface area (Å²) in [4.78, 5) is 35.2. The normalized spacial score (nSPS) is 10.7. The summed E-state index contributed by atoms with van der Waals surface area (Å²) < 4.78 is 118. The summed E-state index contributed by atoms with van der Waals surface area (Å²) >= 11 is 0. The van der Waals surface area contributed by atoms with Crippen LogP contribution >= 0.6 is 0 Å². The largest absolute Gasteiger partial charge is 2.00 e. The Hall–Kier alpha value is -3.02. The van der Waals surface area contributed by atoms with Crippen molar-refractivity contribution in [2.75, 3.05) is 0 Å². The fourth-order valence-corrected chi connectivity index (χ4v) is 0.853. The van der Waals surface area contributed by atoms with Gasteiger partial charge in [0.05, 0.1) is 12.4 Å². The molecule has 0 atom stereocenters. The molecule has 1 radical (unpaired) electrons. The number of hydrogen-bond donors (Lipinski definition) is 2. The standard InChI is InChI=1S/2C5H5N3O.2CHF3O3S.Cu.H2O/c2*6-5(9)4-3-7-1-2-8-4;2*2-1(3,4)8(5,6)7;;/h2*1-3H,(H2,6,9);2*(H,5,6,7);;1H2/q;;;;+2;/p-2. The molecule has 2 rings (SSSR count). The van der Waals surface area contributed by atoms with E-state index in [1.54, 1.807) is 0 Å². The van der Waals surface area contributed by atoms with Crippen LogP contribution in [0.15, 0.2) is 37.2 Å². The van der Waals surface area contributed by atoms with Gasteiger partial charge in [0.1, 0.15) is 11.4 Å². The van der Waals surface area contributed by atoms with Crippen LogP contribution in [0, 0.1) is 0 Å². The van der Waals surface area contributed by atoms with Crippen LogP contribution in [0.4, 0.5) is 26.3 Å². The molecule has 0 spiro atoms. The van der Waals surface area contributed by atoms with Crippen LogP contribution in [0.25, 0.3) is 0 Å². The van der Waals surface area contributed by atoms with Crippen LogP contribution < -0.4 is 11.5 Å². The molecule has 2 aromatic heterocycles. The average molecular weight is 626 g/mol. The number of carbonyl (C=O) groups excluding carboxylic acids is 2. The van der Waals surface area contributed by atoms with Crippen LogP contribution in [0.2, 0.25) is 0 Å². The number of hydrogen-bond acceptors (Lipinski definition) is 12. The Labute approximate surface area is 207 Å². The average Bonchev–Trinajstić information content (AvgIpc) is 2.68. The molecule has 2 aromatic rings. The number of aromatic nitrogens is 4. The van der Waals surface area contributed by atoms with E-state index in [9.17, 15) is 35.9 Å². The van der Waals surface area contributed by atoms with Crippen LogP contribution in [-0.4, -0.2) is 74.2 Å². The van der Waals surface area contributed by atoms with E-state index in [4.69, 9.17) is 37.4 Å². The first-order valence-corrected chi connectivity index (χ1v) is 10.1. The van der Waals surface area contributed by atoms with Crippen LogP contribution in [0.5, 0.6) is 0 Å². The Morgan fingerprint density at radius 1 is 0.694 bits per heavy atom. The molecule has 0 aromatic carbocycles. The first-order chi connectivity index (χ1) is 15.1. The fraction of sp³-hybridized carbons (Fsp3) is 0.167. The van der Waals surface area contributed by atoms with Gasteiger partial charge >= 0.3 is 28.1 Å². The maximum atomic E-state index is 10.7. The van der Waals surface area contributed by atoms with E-state index < -0.39 is 43.1 Å². The molecule has 0 unspecified atom stereocenters. The van der Waals surface area contributed by atoms with Gasteiger partial charge in [0, 0.05) is 24.8 Å². The van der Waals surface area contributed by atoms with Crippen molar-refractivity contribution in [1.29, 1.82) is 0 Å². The number of alkyl halides is 6. The quantitative estimate of drug-likeness (QED) is 0.165. The molecule has 0 aliphatic carbocycles. The minimum atomic E-state index is -6.09. The molecule has 0 bridgehead atoms. The van der Waals surface area contributed by atoms with Gasteiger partial charge in [-0.2, -0.15) is 26.3 Å². The summed E-state index contributed by atoms with van der Waals surface area (Å²) in [5, 5.41) is 0. The van der Waals surface area contributed by atoms with Crippen LogP contribution in [-0.2, 0) is 37.3 Å². The second-order valence-corrected chi connectivity index (χ2v) is 7.45. The molecule has 24 heteroatoms. The Morgan fingerprint density at radius 3 is 1.00 bits per heavy atom. The number of halogens is 6. The molecule has 2 heterocycles. The van der Waals surface area contributed by atoms with Crippen molar-refractivity contribution >= 4 is 32.1 Å². The third-order valence-electron chi connectivity index (χ3n) is 2.20. The van der Waals surface area contributed by atoms with Crippen molar-refractivity contribution in [2.45, 2.75) is 11.0 Å². The van der Waals surface area contributed by atoms with E-state index in [1.807, 2.05) is 0 Å². The number of amides is 2. The Morgan fingerprint density at radius 2 is 0.917 bits per heavy atom. The number of primary amides is 2. The molecule has 2 amide bonds. The van der Waals surface area contributed by atoms with E-state index in [-0.39, 0.29) is 33.9 Å². The summed E-state index contributed by atoms with van der Waals surface area (Å²) in [6.07, 6.45) is 8.43. The van der Waals surface area contributed by atoms with Crippen LogP contribution in [0.1, 0.15) is 21.0 Å². The zero-order chi connectivity index (χ0) is 27.4. The molecular weight excluding hydrogens is 614 g/mol. The molecule has 6 N–H and O–H groups in total. The maximum absolute atomic E-state index is 10.7. The molecule has 0 saturated carbocycles. The zero-order valence-corrected chi connectivity index (χ0v) is 19.1. The van der Waals surface area contributed by atoms with E-state index in [1.165, 1.54) is 37.2 Å². The van der Waals surface area contributed by atoms with Crippen molar-refractivity contribution in [3.8, 4) is 0 Å². The minimum absolute atomic E-state index is 0. The smallest absolute Gasteiger partial charge is 0.741 e. The van der Waals surface area contributed by atoms with E-state index in [0.717, 1.165) is 0 Å². The summed E-state index contributed by atoms with van der Waals surface area (Å²) in [5.41, 5.74) is -1.16. The third-order valence-corrected chi connectivity index (χ3v) is 3.33. The van der Waals surface area contributed by atoms with Gasteiger partial charge in [0.2, 0.25) is 0 Å². The monoisotopic (exact) mass is 625 g/mol. The summed E-state index contributed by atoms with van der Waals surface area (Å²) in [7, 11) is -12.2. The van der Waals surface area contributed by atoms with E-state index in [2.05, 4.69) is 19.9 Å². The van der Waals surface area contributed by atoms with Gasteiger partial charge in [-0.15, -0.1) is 0 Å². The van der Waals surface area contributed by atoms with Crippen LogP contribution in [0.3, 0.4) is 0 Å². The van der Waals surface area contributed by atoms with Crippen molar-refractivity contribution in [1.82, 2.24) is 19.9 Å². The second-order valence-electron chi connectivity index (χ2n) is 4.71. The minimum Gasteiger partial charge on any atom is -0.741 e. The Bertz CT molecular complexity index is 1050. The first-order valence-electron chi connectivity index (χ1n) is 7.27. The number of nitrogens with two attached hydrogens (primary N) is 2. The van der Waals surface area contributed by atoms with E-state index in [0.29, 0.717) is 0 Å². The zero-order valence-electron chi connectivity index (χ0n) is 16.6. The second kappa shape index (κ2) is 16.6. The number of rotatable bonds is 2. The molecule has 0 aliphatic heterocycles. The number of carbonyl (C=O) groups is 2. The fourth-order valence-electron chi connectivity index (χ4n) is 0.853. The Balaban J connectivity index is -0.000000187. The molecule has 0 fully saturated rings. The SMILES string of the molecule is NC(=O)c1cnccn1.NC(=O)c1cnccn1.O.O=S(=O)([O-])C(F)(F)F.O=S(=O)([O-])C(F)(F)F.[Cu+2]. The molecular formula is C12H12CuF6N6O9S2. The van der Waals surface area contributed by atoms with E-state index >= 15 is 0 Å². The van der Waals surface area contributed by atoms with Gasteiger partial charge in [0.15, 0.2) is 20.2 Å². The molecule has 36 heavy (non-hydrogen) atoms. The Kier molecular flexibility index (Phi) is 18.5. The van der Waals surface area contributed by atoms with Crippen molar-refractivity contribution < 1.29 is 84.4 Å². The summed E-state index contributed by atoms with van der Waals surface area (Å²) in [5.74, 6) is -1.11. The molecule has 15 nitrogen and oxygen atoms in total. The molecule has 209 valence electrons. The predicted molar refractivity (Wildman–Crippen MR) is 96.2 cm³/mol. The topological polar surface area (TPSA) is 284 Å². The van der Waals surface area contributed by atoms with Crippen molar-refractivity contribution in [2.24, 2.45) is 11.5 Å². The van der Waals surface area contributed by atoms with Crippen molar-refractivity contribution in [3.05, 3.63) is 48.6 Å². The third kappa shape index (κ3) is 18.3. The van der Waals surface area contributed by atoms with Gasteiger partial charge in [-0.25, -0.2) is 26.8 Å². The number of nitrogens with zero attached hydrogens (tertiary/aromatic N) is 4. The molecule has 0 saturated heterocycles. The van der Waals surface area contributed by atoms with Gasteiger partial charge in [-0.05, 0) is 0 Å². The van der Waals surface area contributed by atoms with Crippen molar-refractivity contribution in [3.63, 3.8) is 0 Å². The maximum Gasteiger partial charge on any atom is 2.00 e. The summed E-state index contributed by atoms with van der Waals surface area (Å²) in [6.45, 7) is 0. The predicted octanol–water partition coefficient (Wildman–Crippen LogP) is -1.57. The summed E-state index contributed by atoms with van der Waals surface area (Å²) in [6, 6.07) is 0. The van der Waals surface area contributed by atoms with Gasteiger partial charge in [-0.1, -0.05) is 0 Å². The van der Waals surface area contributed by atoms with Gasteiger partial charge in [0.25, 0.3) is 11.8 Å². The molecule has 0 aliphatic rings.